The minimum atomic E-state index is -0.131. The molecular formula is C15H13N3OS. The first-order valence-electron chi connectivity index (χ1n) is 6.24. The summed E-state index contributed by atoms with van der Waals surface area (Å²) in [5.41, 5.74) is 5.16. The number of carbonyl (C=O) groups excluding carboxylic acids is 1. The summed E-state index contributed by atoms with van der Waals surface area (Å²) in [6.45, 7) is 3.98. The van der Waals surface area contributed by atoms with E-state index in [2.05, 4.69) is 14.1 Å². The molecule has 3 aromatic rings. The average molecular weight is 283 g/mol. The van der Waals surface area contributed by atoms with Crippen LogP contribution in [0.15, 0.2) is 36.4 Å². The molecule has 1 heterocycles. The van der Waals surface area contributed by atoms with Gasteiger partial charge in [-0.1, -0.05) is 12.1 Å². The maximum Gasteiger partial charge on any atom is 0.255 e. The van der Waals surface area contributed by atoms with Gasteiger partial charge in [-0.2, -0.15) is 8.75 Å². The van der Waals surface area contributed by atoms with Gasteiger partial charge >= 0.3 is 0 Å². The van der Waals surface area contributed by atoms with Crippen molar-refractivity contribution in [3.05, 3.63) is 53.1 Å². The number of nitrogens with one attached hydrogen (secondary N) is 1. The molecule has 3 rings (SSSR count). The number of anilines is 1. The van der Waals surface area contributed by atoms with E-state index in [-0.39, 0.29) is 5.91 Å². The molecule has 0 aliphatic heterocycles. The molecule has 100 valence electrons. The summed E-state index contributed by atoms with van der Waals surface area (Å²) in [4.78, 5) is 12.3. The Morgan fingerprint density at radius 3 is 2.70 bits per heavy atom. The van der Waals surface area contributed by atoms with Crippen molar-refractivity contribution in [2.24, 2.45) is 0 Å². The Labute approximate surface area is 120 Å². The Morgan fingerprint density at radius 1 is 1.05 bits per heavy atom. The molecule has 0 unspecified atom stereocenters. The van der Waals surface area contributed by atoms with Crippen molar-refractivity contribution in [2.45, 2.75) is 13.8 Å². The van der Waals surface area contributed by atoms with Gasteiger partial charge in [0, 0.05) is 11.3 Å². The zero-order chi connectivity index (χ0) is 14.1. The van der Waals surface area contributed by atoms with E-state index in [1.165, 1.54) is 0 Å². The molecule has 0 atom stereocenters. The number of amides is 1. The van der Waals surface area contributed by atoms with Gasteiger partial charge in [0.1, 0.15) is 11.0 Å². The molecule has 1 amide bonds. The highest BCUT2D eigenvalue weighted by Crippen LogP contribution is 2.19. The Morgan fingerprint density at radius 2 is 1.85 bits per heavy atom. The summed E-state index contributed by atoms with van der Waals surface area (Å²) in [5.74, 6) is -0.131. The van der Waals surface area contributed by atoms with Gasteiger partial charge in [0.15, 0.2) is 0 Å². The Balaban J connectivity index is 1.90. The van der Waals surface area contributed by atoms with E-state index < -0.39 is 0 Å². The van der Waals surface area contributed by atoms with Crippen molar-refractivity contribution in [1.82, 2.24) is 8.75 Å². The highest BCUT2D eigenvalue weighted by Gasteiger charge is 2.10. The molecule has 0 saturated carbocycles. The fraction of sp³-hybridized carbons (Fsp3) is 0.133. The van der Waals surface area contributed by atoms with Crippen molar-refractivity contribution >= 4 is 34.4 Å². The van der Waals surface area contributed by atoms with E-state index >= 15 is 0 Å². The molecule has 4 nitrogen and oxygen atoms in total. The lowest BCUT2D eigenvalue weighted by atomic mass is 10.1. The molecule has 0 aliphatic rings. The van der Waals surface area contributed by atoms with Crippen molar-refractivity contribution in [3.63, 3.8) is 0 Å². The molecule has 0 fully saturated rings. The first-order chi connectivity index (χ1) is 9.63. The van der Waals surface area contributed by atoms with E-state index in [0.717, 1.165) is 39.6 Å². The molecule has 0 aliphatic carbocycles. The van der Waals surface area contributed by atoms with Crippen LogP contribution in [0.5, 0.6) is 0 Å². The third-order valence-corrected chi connectivity index (χ3v) is 3.71. The Hall–Kier alpha value is -2.27. The summed E-state index contributed by atoms with van der Waals surface area (Å²) in [6.07, 6.45) is 0. The summed E-state index contributed by atoms with van der Waals surface area (Å²) in [6, 6.07) is 11.3. The summed E-state index contributed by atoms with van der Waals surface area (Å²) in [5, 5.41) is 2.94. The number of aromatic nitrogens is 2. The number of nitrogens with zero attached hydrogens (tertiary/aromatic N) is 2. The molecule has 0 spiro atoms. The number of rotatable bonds is 2. The van der Waals surface area contributed by atoms with Crippen LogP contribution in [0.25, 0.3) is 11.0 Å². The van der Waals surface area contributed by atoms with Crippen LogP contribution in [0, 0.1) is 13.8 Å². The zero-order valence-electron chi connectivity index (χ0n) is 11.2. The Bertz CT molecular complexity index is 795. The zero-order valence-corrected chi connectivity index (χ0v) is 12.0. The lowest BCUT2D eigenvalue weighted by Gasteiger charge is -2.09. The number of hydrogen-bond acceptors (Lipinski definition) is 4. The van der Waals surface area contributed by atoms with E-state index in [4.69, 9.17) is 0 Å². The van der Waals surface area contributed by atoms with Gasteiger partial charge in [0.2, 0.25) is 0 Å². The maximum absolute atomic E-state index is 12.3. The van der Waals surface area contributed by atoms with Crippen LogP contribution in [0.1, 0.15) is 21.5 Å². The second kappa shape index (κ2) is 5.02. The van der Waals surface area contributed by atoms with Gasteiger partial charge in [0.05, 0.1) is 11.7 Å². The van der Waals surface area contributed by atoms with E-state index in [1.807, 2.05) is 38.1 Å². The standard InChI is InChI=1S/C15H13N3OS/c1-9-3-4-10(2)13(7-9)16-15(19)11-5-6-12-14(8-11)18-20-17-12/h3-8H,1-2H3,(H,16,19). The first-order valence-corrected chi connectivity index (χ1v) is 6.97. The molecule has 5 heteroatoms. The molecule has 20 heavy (non-hydrogen) atoms. The molecule has 0 bridgehead atoms. The SMILES string of the molecule is Cc1ccc(C)c(NC(=O)c2ccc3nsnc3c2)c1. The van der Waals surface area contributed by atoms with Crippen LogP contribution in [0.3, 0.4) is 0 Å². The highest BCUT2D eigenvalue weighted by molar-refractivity contribution is 7.00. The van der Waals surface area contributed by atoms with Gasteiger partial charge in [-0.05, 0) is 49.2 Å². The topological polar surface area (TPSA) is 54.9 Å². The lowest BCUT2D eigenvalue weighted by molar-refractivity contribution is 0.102. The normalized spacial score (nSPS) is 10.7. The third kappa shape index (κ3) is 2.40. The van der Waals surface area contributed by atoms with Crippen LogP contribution in [0.4, 0.5) is 5.69 Å². The predicted octanol–water partition coefficient (Wildman–Crippen LogP) is 3.56. The first kappa shape index (κ1) is 12.7. The van der Waals surface area contributed by atoms with Gasteiger partial charge in [-0.15, -0.1) is 0 Å². The summed E-state index contributed by atoms with van der Waals surface area (Å²) in [7, 11) is 0. The second-order valence-electron chi connectivity index (χ2n) is 4.74. The quantitative estimate of drug-likeness (QED) is 0.782. The summed E-state index contributed by atoms with van der Waals surface area (Å²) >= 11 is 1.15. The van der Waals surface area contributed by atoms with Gasteiger partial charge < -0.3 is 5.32 Å². The maximum atomic E-state index is 12.3. The smallest absolute Gasteiger partial charge is 0.255 e. The molecule has 1 aromatic heterocycles. The second-order valence-corrected chi connectivity index (χ2v) is 5.27. The van der Waals surface area contributed by atoms with Crippen molar-refractivity contribution in [2.75, 3.05) is 5.32 Å². The van der Waals surface area contributed by atoms with Crippen LogP contribution in [-0.4, -0.2) is 14.7 Å². The van der Waals surface area contributed by atoms with Crippen molar-refractivity contribution < 1.29 is 4.79 Å². The molecule has 2 aromatic carbocycles. The monoisotopic (exact) mass is 283 g/mol. The van der Waals surface area contributed by atoms with Crippen LogP contribution >= 0.6 is 11.7 Å². The minimum absolute atomic E-state index is 0.131. The molecule has 0 saturated heterocycles. The Kier molecular flexibility index (Phi) is 3.20. The van der Waals surface area contributed by atoms with Crippen LogP contribution in [-0.2, 0) is 0 Å². The van der Waals surface area contributed by atoms with E-state index in [9.17, 15) is 4.79 Å². The number of hydrogen-bond donors (Lipinski definition) is 1. The lowest BCUT2D eigenvalue weighted by Crippen LogP contribution is -2.12. The molecule has 0 radical (unpaired) electrons. The fourth-order valence-electron chi connectivity index (χ4n) is 1.99. The van der Waals surface area contributed by atoms with Crippen molar-refractivity contribution in [3.8, 4) is 0 Å². The van der Waals surface area contributed by atoms with Gasteiger partial charge in [-0.3, -0.25) is 4.79 Å². The van der Waals surface area contributed by atoms with E-state index in [0.29, 0.717) is 5.56 Å². The fourth-order valence-corrected chi connectivity index (χ4v) is 2.51. The highest BCUT2D eigenvalue weighted by atomic mass is 32.1. The van der Waals surface area contributed by atoms with Gasteiger partial charge in [-0.25, -0.2) is 0 Å². The number of benzene rings is 2. The largest absolute Gasteiger partial charge is 0.322 e. The van der Waals surface area contributed by atoms with Crippen LogP contribution < -0.4 is 5.32 Å². The number of fused-ring (bicyclic) bond motifs is 1. The minimum Gasteiger partial charge on any atom is -0.322 e. The predicted molar refractivity (Wildman–Crippen MR) is 81.3 cm³/mol. The van der Waals surface area contributed by atoms with E-state index in [1.54, 1.807) is 12.1 Å². The molecule has 1 N–H and O–H groups in total. The average Bonchev–Trinajstić information content (AvgIpc) is 2.90. The van der Waals surface area contributed by atoms with Crippen LogP contribution in [0.2, 0.25) is 0 Å². The number of aryl methyl sites for hydroxylation is 2. The van der Waals surface area contributed by atoms with Crippen molar-refractivity contribution in [1.29, 1.82) is 0 Å². The summed E-state index contributed by atoms with van der Waals surface area (Å²) < 4.78 is 8.28. The van der Waals surface area contributed by atoms with Gasteiger partial charge in [0.25, 0.3) is 5.91 Å². The third-order valence-electron chi connectivity index (χ3n) is 3.16. The molecular weight excluding hydrogens is 270 g/mol. The number of carbonyl (C=O) groups is 1.